The zero-order valence-electron chi connectivity index (χ0n) is 11.5. The highest BCUT2D eigenvalue weighted by Crippen LogP contribution is 2.24. The molecule has 1 fully saturated rings. The minimum atomic E-state index is -0.770. The molecule has 1 unspecified atom stereocenters. The maximum Gasteiger partial charge on any atom is 0.312 e. The quantitative estimate of drug-likeness (QED) is 0.902. The summed E-state index contributed by atoms with van der Waals surface area (Å²) in [5.41, 5.74) is 0.748. The van der Waals surface area contributed by atoms with Crippen LogP contribution in [0, 0.1) is 0 Å². The Morgan fingerprint density at radius 3 is 2.68 bits per heavy atom. The number of hydrogen-bond acceptors (Lipinski definition) is 3. The maximum atomic E-state index is 11.5. The fourth-order valence-electron chi connectivity index (χ4n) is 2.46. The van der Waals surface area contributed by atoms with Gasteiger partial charge in [-0.1, -0.05) is 30.3 Å². The van der Waals surface area contributed by atoms with Crippen molar-refractivity contribution < 1.29 is 14.6 Å². The smallest absolute Gasteiger partial charge is 0.312 e. The molecule has 0 radical (unpaired) electrons. The van der Waals surface area contributed by atoms with Crippen LogP contribution in [0.3, 0.4) is 0 Å². The summed E-state index contributed by atoms with van der Waals surface area (Å²) in [6, 6.07) is 9.44. The van der Waals surface area contributed by atoms with Gasteiger partial charge in [0.15, 0.2) is 0 Å². The van der Waals surface area contributed by atoms with Gasteiger partial charge in [-0.25, -0.2) is 0 Å². The molecule has 1 heterocycles. The fourth-order valence-corrected chi connectivity index (χ4v) is 2.46. The van der Waals surface area contributed by atoms with Gasteiger partial charge in [0, 0.05) is 18.6 Å². The van der Waals surface area contributed by atoms with Gasteiger partial charge in [0.2, 0.25) is 0 Å². The number of rotatable bonds is 4. The summed E-state index contributed by atoms with van der Waals surface area (Å²) in [5, 5.41) is 9.47. The lowest BCUT2D eigenvalue weighted by Gasteiger charge is -2.43. The number of ether oxygens (including phenoxy) is 1. The predicted octanol–water partition coefficient (Wildman–Crippen LogP) is 1.97. The van der Waals surface area contributed by atoms with E-state index in [1.807, 2.05) is 30.3 Å². The second kappa shape index (κ2) is 5.72. The van der Waals surface area contributed by atoms with Crippen LogP contribution in [0.15, 0.2) is 30.3 Å². The third-order valence-electron chi connectivity index (χ3n) is 3.72. The van der Waals surface area contributed by atoms with E-state index >= 15 is 0 Å². The summed E-state index contributed by atoms with van der Waals surface area (Å²) < 4.78 is 5.47. The van der Waals surface area contributed by atoms with Crippen molar-refractivity contribution in [1.29, 1.82) is 0 Å². The molecule has 0 aliphatic carbocycles. The van der Waals surface area contributed by atoms with E-state index in [1.54, 1.807) is 0 Å². The Morgan fingerprint density at radius 1 is 1.42 bits per heavy atom. The van der Waals surface area contributed by atoms with Gasteiger partial charge in [-0.05, 0) is 19.4 Å². The molecule has 2 rings (SSSR count). The van der Waals surface area contributed by atoms with Crippen molar-refractivity contribution in [2.45, 2.75) is 25.3 Å². The Hall–Kier alpha value is -1.39. The molecule has 1 N–H and O–H groups in total. The van der Waals surface area contributed by atoms with Gasteiger partial charge < -0.3 is 9.84 Å². The number of morpholine rings is 1. The van der Waals surface area contributed by atoms with Crippen LogP contribution in [0.4, 0.5) is 0 Å². The normalized spacial score (nSPS) is 20.9. The van der Waals surface area contributed by atoms with Crippen molar-refractivity contribution in [3.8, 4) is 0 Å². The molecule has 19 heavy (non-hydrogen) atoms. The zero-order valence-corrected chi connectivity index (χ0v) is 11.5. The van der Waals surface area contributed by atoms with Crippen LogP contribution in [0.5, 0.6) is 0 Å². The largest absolute Gasteiger partial charge is 0.481 e. The Morgan fingerprint density at radius 2 is 2.11 bits per heavy atom. The van der Waals surface area contributed by atoms with E-state index in [9.17, 15) is 9.90 Å². The first-order chi connectivity index (χ1) is 9.00. The van der Waals surface area contributed by atoms with Gasteiger partial charge in [0.05, 0.1) is 19.1 Å². The highest BCUT2D eigenvalue weighted by Gasteiger charge is 2.34. The van der Waals surface area contributed by atoms with E-state index in [-0.39, 0.29) is 5.54 Å². The molecular formula is C15H21NO3. The standard InChI is InChI=1S/C15H21NO3/c1-15(2)11-19-9-8-16(15)10-13(14(17)18)12-6-4-3-5-7-12/h3-7,13H,8-11H2,1-2H3,(H,17,18). The van der Waals surface area contributed by atoms with Gasteiger partial charge in [-0.2, -0.15) is 0 Å². The first-order valence-corrected chi connectivity index (χ1v) is 6.61. The van der Waals surface area contributed by atoms with Crippen LogP contribution < -0.4 is 0 Å². The second-order valence-corrected chi connectivity index (χ2v) is 5.61. The first-order valence-electron chi connectivity index (χ1n) is 6.61. The molecule has 1 aromatic carbocycles. The number of hydrogen-bond donors (Lipinski definition) is 1. The van der Waals surface area contributed by atoms with E-state index in [0.29, 0.717) is 19.8 Å². The zero-order chi connectivity index (χ0) is 13.9. The van der Waals surface area contributed by atoms with Gasteiger partial charge >= 0.3 is 5.97 Å². The number of carboxylic acid groups (broad SMARTS) is 1. The highest BCUT2D eigenvalue weighted by atomic mass is 16.5. The molecule has 0 aromatic heterocycles. The average Bonchev–Trinajstić information content (AvgIpc) is 2.37. The molecule has 0 spiro atoms. The van der Waals surface area contributed by atoms with Crippen molar-refractivity contribution in [3.63, 3.8) is 0 Å². The number of carbonyl (C=O) groups is 1. The molecule has 1 aliphatic rings. The molecule has 1 saturated heterocycles. The SMILES string of the molecule is CC1(C)COCCN1CC(C(=O)O)c1ccccc1. The van der Waals surface area contributed by atoms with E-state index in [0.717, 1.165) is 12.1 Å². The first kappa shape index (κ1) is 14.0. The maximum absolute atomic E-state index is 11.5. The number of benzene rings is 1. The lowest BCUT2D eigenvalue weighted by Crippen LogP contribution is -2.54. The van der Waals surface area contributed by atoms with Crippen LogP contribution in [0.2, 0.25) is 0 Å². The Balaban J connectivity index is 2.15. The van der Waals surface area contributed by atoms with Gasteiger partial charge in [0.25, 0.3) is 0 Å². The van der Waals surface area contributed by atoms with E-state index < -0.39 is 11.9 Å². The monoisotopic (exact) mass is 263 g/mol. The van der Waals surface area contributed by atoms with Gasteiger partial charge in [-0.15, -0.1) is 0 Å². The van der Waals surface area contributed by atoms with E-state index in [2.05, 4.69) is 18.7 Å². The van der Waals surface area contributed by atoms with Crippen LogP contribution in [-0.4, -0.2) is 47.8 Å². The summed E-state index contributed by atoms with van der Waals surface area (Å²) >= 11 is 0. The molecule has 1 aromatic rings. The number of aliphatic carboxylic acids is 1. The fraction of sp³-hybridized carbons (Fsp3) is 0.533. The minimum absolute atomic E-state index is 0.110. The predicted molar refractivity (Wildman–Crippen MR) is 73.3 cm³/mol. The molecule has 104 valence electrons. The lowest BCUT2D eigenvalue weighted by molar-refractivity contribution is -0.140. The Labute approximate surface area is 114 Å². The molecule has 0 bridgehead atoms. The van der Waals surface area contributed by atoms with Gasteiger partial charge in [-0.3, -0.25) is 9.69 Å². The topological polar surface area (TPSA) is 49.8 Å². The van der Waals surface area contributed by atoms with Crippen molar-refractivity contribution in [2.75, 3.05) is 26.3 Å². The Bertz CT molecular complexity index is 430. The van der Waals surface area contributed by atoms with E-state index in [4.69, 9.17) is 4.74 Å². The molecule has 1 aliphatic heterocycles. The second-order valence-electron chi connectivity index (χ2n) is 5.61. The molecule has 0 amide bonds. The number of carboxylic acids is 1. The number of nitrogens with zero attached hydrogens (tertiary/aromatic N) is 1. The third-order valence-corrected chi connectivity index (χ3v) is 3.72. The van der Waals surface area contributed by atoms with Crippen LogP contribution in [-0.2, 0) is 9.53 Å². The van der Waals surface area contributed by atoms with E-state index in [1.165, 1.54) is 0 Å². The van der Waals surface area contributed by atoms with Crippen molar-refractivity contribution >= 4 is 5.97 Å². The summed E-state index contributed by atoms with van der Waals surface area (Å²) in [5.74, 6) is -1.26. The molecule has 1 atom stereocenters. The summed E-state index contributed by atoms with van der Waals surface area (Å²) in [7, 11) is 0. The Kier molecular flexibility index (Phi) is 4.22. The molecular weight excluding hydrogens is 242 g/mol. The molecule has 4 heteroatoms. The lowest BCUT2D eigenvalue weighted by atomic mass is 9.95. The van der Waals surface area contributed by atoms with Crippen molar-refractivity contribution in [2.24, 2.45) is 0 Å². The van der Waals surface area contributed by atoms with Crippen molar-refractivity contribution in [3.05, 3.63) is 35.9 Å². The summed E-state index contributed by atoms with van der Waals surface area (Å²) in [6.45, 7) is 6.81. The average molecular weight is 263 g/mol. The molecule has 0 saturated carbocycles. The van der Waals surface area contributed by atoms with Crippen molar-refractivity contribution in [1.82, 2.24) is 4.90 Å². The van der Waals surface area contributed by atoms with Gasteiger partial charge in [0.1, 0.15) is 0 Å². The van der Waals surface area contributed by atoms with Crippen LogP contribution in [0.25, 0.3) is 0 Å². The minimum Gasteiger partial charge on any atom is -0.481 e. The molecule has 4 nitrogen and oxygen atoms in total. The summed E-state index contributed by atoms with van der Waals surface area (Å²) in [6.07, 6.45) is 0. The highest BCUT2D eigenvalue weighted by molar-refractivity contribution is 5.76. The third kappa shape index (κ3) is 3.33. The van der Waals surface area contributed by atoms with Crippen LogP contribution in [0.1, 0.15) is 25.3 Å². The summed E-state index contributed by atoms with van der Waals surface area (Å²) in [4.78, 5) is 13.7. The van der Waals surface area contributed by atoms with Crippen LogP contribution >= 0.6 is 0 Å².